The molecule has 16 nitrogen and oxygen atoms in total. The van der Waals surface area contributed by atoms with E-state index in [4.69, 9.17) is 35.2 Å². The van der Waals surface area contributed by atoms with Gasteiger partial charge in [0, 0.05) is 38.5 Å². The Morgan fingerprint density at radius 1 is 0.567 bits per heavy atom. The maximum atomic E-state index is 12.2. The minimum Gasteiger partial charge on any atom is -1.00 e. The molecule has 0 unspecified atom stereocenters. The van der Waals surface area contributed by atoms with Gasteiger partial charge >= 0.3 is 30.0 Å². The molecule has 3 amide bonds. The third-order valence-electron chi connectivity index (χ3n) is 7.57. The number of esters is 4. The van der Waals surface area contributed by atoms with E-state index in [9.17, 15) is 33.6 Å². The molecular weight excluding hydrogens is 800 g/mol. The van der Waals surface area contributed by atoms with Gasteiger partial charge in [0.05, 0.1) is 0 Å². The van der Waals surface area contributed by atoms with Crippen molar-refractivity contribution >= 4 is 41.8 Å². The molecular formula is C43H65ClN4O12. The largest absolute Gasteiger partial charge is 1.00 e. The van der Waals surface area contributed by atoms with Gasteiger partial charge in [0.25, 0.3) is 5.91 Å². The molecule has 2 rings (SSSR count). The van der Waals surface area contributed by atoms with Crippen LogP contribution in [0.15, 0.2) is 36.4 Å². The summed E-state index contributed by atoms with van der Waals surface area (Å²) >= 11 is 0. The topological polar surface area (TPSA) is 257 Å². The summed E-state index contributed by atoms with van der Waals surface area (Å²) in [6.07, 6.45) is 0.396. The summed E-state index contributed by atoms with van der Waals surface area (Å²) in [5.41, 5.74) is 14.9. The van der Waals surface area contributed by atoms with E-state index in [0.717, 1.165) is 0 Å². The van der Waals surface area contributed by atoms with Crippen LogP contribution in [0.25, 0.3) is 0 Å². The summed E-state index contributed by atoms with van der Waals surface area (Å²) < 4.78 is 26.8. The molecule has 60 heavy (non-hydrogen) atoms. The van der Waals surface area contributed by atoms with E-state index in [1.54, 1.807) is 45.0 Å². The molecule has 0 aliphatic heterocycles. The third kappa shape index (κ3) is 23.4. The normalized spacial score (nSPS) is 12.0. The number of alkyl carbamates (subject to hydrolysis) is 1. The summed E-state index contributed by atoms with van der Waals surface area (Å²) in [7, 11) is 0. The lowest BCUT2D eigenvalue weighted by Gasteiger charge is -2.22. The number of carbonyl (C=O) groups is 7. The lowest BCUT2D eigenvalue weighted by atomic mass is 10.0. The van der Waals surface area contributed by atoms with E-state index in [2.05, 4.69) is 11.1 Å². The summed E-state index contributed by atoms with van der Waals surface area (Å²) in [4.78, 5) is 83.6. The van der Waals surface area contributed by atoms with E-state index >= 15 is 0 Å². The van der Waals surface area contributed by atoms with Crippen LogP contribution in [0, 0.1) is 23.7 Å². The predicted octanol–water partition coefficient (Wildman–Crippen LogP) is 1.74. The SMILES string of the molecule is CC(C)CC(=O)Oc1ccc(C[C@H](NC(=O)OC(C)(C)C)C(N)=O)cc1OC(=O)CC(C)C.CC(C)CC(=O)Oc1ccc(C[C@H]([NH3+])C(N)=O)cc1OC(=O)CC(C)C.[Cl-]. The Balaban J connectivity index is 0.00000117. The number of hydrogen-bond donors (Lipinski definition) is 4. The minimum atomic E-state index is -1.06. The number of carbonyl (C=O) groups excluding carboxylic acids is 7. The van der Waals surface area contributed by atoms with E-state index in [1.165, 1.54) is 12.1 Å². The molecule has 0 aromatic heterocycles. The Labute approximate surface area is 359 Å². The smallest absolute Gasteiger partial charge is 0.408 e. The first-order valence-electron chi connectivity index (χ1n) is 19.7. The van der Waals surface area contributed by atoms with E-state index in [-0.39, 0.29) is 91.2 Å². The van der Waals surface area contributed by atoms with Crippen molar-refractivity contribution in [1.82, 2.24) is 5.32 Å². The fourth-order valence-electron chi connectivity index (χ4n) is 4.97. The highest BCUT2D eigenvalue weighted by Gasteiger charge is 2.25. The molecule has 0 spiro atoms. The molecule has 0 heterocycles. The first-order chi connectivity index (χ1) is 27.2. The van der Waals surface area contributed by atoms with Crippen LogP contribution in [0.1, 0.15) is 113 Å². The van der Waals surface area contributed by atoms with Crippen molar-refractivity contribution in [3.8, 4) is 23.0 Å². The quantitative estimate of drug-likeness (QED) is 0.116. The first-order valence-corrected chi connectivity index (χ1v) is 19.7. The van der Waals surface area contributed by atoms with Gasteiger partial charge in [-0.2, -0.15) is 0 Å². The molecule has 0 saturated carbocycles. The van der Waals surface area contributed by atoms with Crippen LogP contribution in [0.3, 0.4) is 0 Å². The van der Waals surface area contributed by atoms with Crippen molar-refractivity contribution in [3.63, 3.8) is 0 Å². The van der Waals surface area contributed by atoms with Crippen LogP contribution < -0.4 is 53.9 Å². The highest BCUT2D eigenvalue weighted by atomic mass is 35.5. The van der Waals surface area contributed by atoms with Gasteiger partial charge in [-0.15, -0.1) is 0 Å². The molecule has 2 aromatic rings. The van der Waals surface area contributed by atoms with Gasteiger partial charge in [-0.25, -0.2) is 4.79 Å². The van der Waals surface area contributed by atoms with E-state index in [0.29, 0.717) is 17.5 Å². The van der Waals surface area contributed by atoms with Crippen molar-refractivity contribution in [2.24, 2.45) is 35.1 Å². The molecule has 0 radical (unpaired) electrons. The third-order valence-corrected chi connectivity index (χ3v) is 7.57. The Bertz CT molecular complexity index is 1770. The van der Waals surface area contributed by atoms with Gasteiger partial charge < -0.3 is 58.6 Å². The standard InChI is InChI=1S/C24H36N2O7.C19H28N2O5.ClH/c1-14(2)10-20(27)31-18-9-8-16(13-19(18)32-21(28)11-15(3)4)12-17(22(25)29)26-23(30)33-24(5,6)7;1-11(2)7-17(22)25-15-6-5-13(9-14(20)19(21)24)10-16(15)26-18(23)8-12(3)4;/h8-9,13-15,17H,10-12H2,1-7H3,(H2,25,29)(H,26,30);5-6,10-12,14H,7-9,20H2,1-4H3,(H2,21,24);1H/t17-;14-;/m00./s1. The van der Waals surface area contributed by atoms with Crippen LogP contribution in [-0.2, 0) is 46.3 Å². The van der Waals surface area contributed by atoms with Crippen LogP contribution >= 0.6 is 0 Å². The van der Waals surface area contributed by atoms with Crippen molar-refractivity contribution in [3.05, 3.63) is 47.5 Å². The van der Waals surface area contributed by atoms with E-state index < -0.39 is 59.5 Å². The number of nitrogens with one attached hydrogen (secondary N) is 1. The summed E-state index contributed by atoms with van der Waals surface area (Å²) in [6.45, 7) is 20.2. The van der Waals surface area contributed by atoms with Crippen LogP contribution in [0.5, 0.6) is 23.0 Å². The molecule has 17 heteroatoms. The molecule has 0 aliphatic carbocycles. The number of quaternary nitrogens is 1. The number of amides is 3. The Morgan fingerprint density at radius 2 is 0.900 bits per heavy atom. The highest BCUT2D eigenvalue weighted by Crippen LogP contribution is 2.32. The second-order valence-electron chi connectivity index (χ2n) is 17.0. The Hall–Kier alpha value is -5.22. The van der Waals surface area contributed by atoms with Crippen LogP contribution in [0.4, 0.5) is 4.79 Å². The van der Waals surface area contributed by atoms with Gasteiger partial charge in [-0.3, -0.25) is 28.8 Å². The van der Waals surface area contributed by atoms with Crippen molar-refractivity contribution < 1.29 is 75.4 Å². The molecule has 0 fully saturated rings. The zero-order valence-corrected chi connectivity index (χ0v) is 37.6. The predicted molar refractivity (Wildman–Crippen MR) is 219 cm³/mol. The lowest BCUT2D eigenvalue weighted by Crippen LogP contribution is -3.00. The molecule has 8 N–H and O–H groups in total. The molecule has 0 saturated heterocycles. The fraction of sp³-hybridized carbons (Fsp3) is 0.558. The highest BCUT2D eigenvalue weighted by molar-refractivity contribution is 5.85. The zero-order valence-electron chi connectivity index (χ0n) is 36.8. The van der Waals surface area contributed by atoms with Crippen molar-refractivity contribution in [1.29, 1.82) is 0 Å². The Kier molecular flexibility index (Phi) is 23.8. The lowest BCUT2D eigenvalue weighted by molar-refractivity contribution is -0.402. The summed E-state index contributed by atoms with van der Waals surface area (Å²) in [5, 5.41) is 2.45. The number of halogens is 1. The van der Waals surface area contributed by atoms with Gasteiger partial charge in [-0.1, -0.05) is 67.5 Å². The fourth-order valence-corrected chi connectivity index (χ4v) is 4.97. The van der Waals surface area contributed by atoms with Crippen LogP contribution in [0.2, 0.25) is 0 Å². The molecule has 2 atom stereocenters. The number of nitrogens with two attached hydrogens (primary N) is 2. The van der Waals surface area contributed by atoms with Crippen LogP contribution in [-0.4, -0.2) is 59.5 Å². The maximum absolute atomic E-state index is 12.2. The van der Waals surface area contributed by atoms with Gasteiger partial charge in [0.2, 0.25) is 5.91 Å². The van der Waals surface area contributed by atoms with E-state index in [1.807, 2.05) is 55.4 Å². The second kappa shape index (κ2) is 26.1. The summed E-state index contributed by atoms with van der Waals surface area (Å²) in [5.74, 6) is -2.10. The minimum absolute atomic E-state index is 0. The number of primary amides is 2. The van der Waals surface area contributed by atoms with Crippen molar-refractivity contribution in [2.45, 2.75) is 132 Å². The average molecular weight is 865 g/mol. The molecule has 0 bridgehead atoms. The van der Waals surface area contributed by atoms with Crippen molar-refractivity contribution in [2.75, 3.05) is 0 Å². The number of ether oxygens (including phenoxy) is 5. The Morgan fingerprint density at radius 3 is 1.20 bits per heavy atom. The van der Waals surface area contributed by atoms with Gasteiger partial charge in [0.15, 0.2) is 29.0 Å². The number of rotatable bonds is 19. The number of benzene rings is 2. The second-order valence-corrected chi connectivity index (χ2v) is 17.0. The number of hydrogen-bond acceptors (Lipinski definition) is 12. The first kappa shape index (κ1) is 54.8. The zero-order chi connectivity index (χ0) is 45.2. The molecule has 336 valence electrons. The molecule has 2 aromatic carbocycles. The van der Waals surface area contributed by atoms with Gasteiger partial charge in [0.1, 0.15) is 11.6 Å². The van der Waals surface area contributed by atoms with Gasteiger partial charge in [-0.05, 0) is 79.8 Å². The molecule has 0 aliphatic rings. The average Bonchev–Trinajstić information content (AvgIpc) is 3.04. The monoisotopic (exact) mass is 864 g/mol. The summed E-state index contributed by atoms with van der Waals surface area (Å²) in [6, 6.07) is 7.73. The maximum Gasteiger partial charge on any atom is 0.408 e.